The van der Waals surface area contributed by atoms with E-state index in [1.807, 2.05) is 0 Å². The van der Waals surface area contributed by atoms with Crippen LogP contribution in [0.1, 0.15) is 24.3 Å². The molecule has 76 valence electrons. The lowest BCUT2D eigenvalue weighted by atomic mass is 9.97. The summed E-state index contributed by atoms with van der Waals surface area (Å²) in [6, 6.07) is 3.37. The van der Waals surface area contributed by atoms with E-state index >= 15 is 0 Å². The largest absolute Gasteiger partial charge is 0.481 e. The average molecular weight is 195 g/mol. The first-order valence-corrected chi connectivity index (χ1v) is 4.36. The van der Waals surface area contributed by atoms with Gasteiger partial charge in [-0.2, -0.15) is 0 Å². The molecule has 1 rings (SSSR count). The fourth-order valence-corrected chi connectivity index (χ4v) is 1.21. The summed E-state index contributed by atoms with van der Waals surface area (Å²) in [5.74, 6) is -1.83. The minimum atomic E-state index is -1.01. The van der Waals surface area contributed by atoms with Crippen LogP contribution in [0.25, 0.3) is 0 Å². The van der Waals surface area contributed by atoms with Gasteiger partial charge >= 0.3 is 5.97 Å². The molecule has 0 bridgehead atoms. The van der Waals surface area contributed by atoms with E-state index in [0.29, 0.717) is 11.3 Å². The van der Waals surface area contributed by atoms with E-state index in [4.69, 9.17) is 5.11 Å². The summed E-state index contributed by atoms with van der Waals surface area (Å²) < 4.78 is 0. The molecule has 1 heterocycles. The van der Waals surface area contributed by atoms with Crippen molar-refractivity contribution in [2.24, 2.45) is 5.92 Å². The molecular weight excluding hydrogens is 182 g/mol. The zero-order valence-electron chi connectivity index (χ0n) is 8.14. The summed E-state index contributed by atoms with van der Waals surface area (Å²) >= 11 is 0. The van der Waals surface area contributed by atoms with Crippen molar-refractivity contribution in [3.05, 3.63) is 29.6 Å². The fourth-order valence-electron chi connectivity index (χ4n) is 1.21. The van der Waals surface area contributed by atoms with Gasteiger partial charge in [-0.25, -0.2) is 0 Å². The third-order valence-corrected chi connectivity index (χ3v) is 2.23. The van der Waals surface area contributed by atoms with Crippen molar-refractivity contribution >= 4 is 5.97 Å². The molecule has 4 heteroatoms. The maximum Gasteiger partial charge on any atom is 0.309 e. The van der Waals surface area contributed by atoms with Crippen molar-refractivity contribution in [3.8, 4) is 0 Å². The van der Waals surface area contributed by atoms with E-state index in [1.54, 1.807) is 25.3 Å². The van der Waals surface area contributed by atoms with Crippen molar-refractivity contribution in [1.82, 2.24) is 4.98 Å². The van der Waals surface area contributed by atoms with Gasteiger partial charge in [-0.3, -0.25) is 9.78 Å². The Morgan fingerprint density at radius 1 is 1.57 bits per heavy atom. The molecule has 2 unspecified atom stereocenters. The summed E-state index contributed by atoms with van der Waals surface area (Å²) in [5, 5.41) is 18.4. The Labute approximate surface area is 82.2 Å². The van der Waals surface area contributed by atoms with Gasteiger partial charge in [0.25, 0.3) is 0 Å². The van der Waals surface area contributed by atoms with Crippen molar-refractivity contribution in [1.29, 1.82) is 0 Å². The van der Waals surface area contributed by atoms with Crippen LogP contribution in [0.2, 0.25) is 0 Å². The predicted octanol–water partition coefficient (Wildman–Crippen LogP) is 1.14. The van der Waals surface area contributed by atoms with Gasteiger partial charge in [0, 0.05) is 17.5 Å². The first-order valence-electron chi connectivity index (χ1n) is 4.36. The highest BCUT2D eigenvalue weighted by molar-refractivity contribution is 5.70. The van der Waals surface area contributed by atoms with Gasteiger partial charge in [0.2, 0.25) is 0 Å². The van der Waals surface area contributed by atoms with Crippen LogP contribution in [0.15, 0.2) is 18.3 Å². The molecule has 14 heavy (non-hydrogen) atoms. The van der Waals surface area contributed by atoms with Crippen LogP contribution >= 0.6 is 0 Å². The number of pyridine rings is 1. The van der Waals surface area contributed by atoms with E-state index in [1.165, 1.54) is 6.92 Å². The Hall–Kier alpha value is -1.42. The SMILES string of the molecule is Cc1ncccc1C(O)C(C)C(=O)O. The van der Waals surface area contributed by atoms with E-state index in [0.717, 1.165) is 0 Å². The highest BCUT2D eigenvalue weighted by Gasteiger charge is 2.24. The number of aliphatic carboxylic acids is 1. The molecule has 0 fully saturated rings. The van der Waals surface area contributed by atoms with Gasteiger partial charge in [-0.1, -0.05) is 6.07 Å². The summed E-state index contributed by atoms with van der Waals surface area (Å²) in [6.07, 6.45) is 0.609. The number of nitrogens with zero attached hydrogens (tertiary/aromatic N) is 1. The molecule has 0 aliphatic heterocycles. The van der Waals surface area contributed by atoms with Crippen LogP contribution in [0.4, 0.5) is 0 Å². The Morgan fingerprint density at radius 2 is 2.21 bits per heavy atom. The second kappa shape index (κ2) is 4.19. The number of aliphatic hydroxyl groups is 1. The molecule has 0 radical (unpaired) electrons. The van der Waals surface area contributed by atoms with Gasteiger partial charge < -0.3 is 10.2 Å². The number of carboxylic acid groups (broad SMARTS) is 1. The number of aryl methyl sites for hydroxylation is 1. The van der Waals surface area contributed by atoms with E-state index in [-0.39, 0.29) is 0 Å². The topological polar surface area (TPSA) is 70.4 Å². The predicted molar refractivity (Wildman–Crippen MR) is 50.7 cm³/mol. The van der Waals surface area contributed by atoms with E-state index < -0.39 is 18.0 Å². The second-order valence-electron chi connectivity index (χ2n) is 3.25. The minimum Gasteiger partial charge on any atom is -0.481 e. The summed E-state index contributed by atoms with van der Waals surface area (Å²) in [7, 11) is 0. The van der Waals surface area contributed by atoms with Crippen LogP contribution in [0.3, 0.4) is 0 Å². The molecule has 2 N–H and O–H groups in total. The smallest absolute Gasteiger partial charge is 0.309 e. The minimum absolute atomic E-state index is 0.572. The van der Waals surface area contributed by atoms with Gasteiger partial charge in [0.05, 0.1) is 12.0 Å². The Bertz CT molecular complexity index is 338. The number of carboxylic acids is 1. The first kappa shape index (κ1) is 10.7. The van der Waals surface area contributed by atoms with Crippen molar-refractivity contribution in [3.63, 3.8) is 0 Å². The Morgan fingerprint density at radius 3 is 2.71 bits per heavy atom. The zero-order valence-corrected chi connectivity index (χ0v) is 8.14. The van der Waals surface area contributed by atoms with Gasteiger partial charge in [0.15, 0.2) is 0 Å². The summed E-state index contributed by atoms with van der Waals surface area (Å²) in [5.41, 5.74) is 1.23. The number of rotatable bonds is 3. The Kier molecular flexibility index (Phi) is 3.19. The van der Waals surface area contributed by atoms with Gasteiger partial charge in [-0.15, -0.1) is 0 Å². The number of hydrogen-bond donors (Lipinski definition) is 2. The second-order valence-corrected chi connectivity index (χ2v) is 3.25. The van der Waals surface area contributed by atoms with Crippen molar-refractivity contribution < 1.29 is 15.0 Å². The molecule has 0 spiro atoms. The third-order valence-electron chi connectivity index (χ3n) is 2.23. The quantitative estimate of drug-likeness (QED) is 0.758. The van der Waals surface area contributed by atoms with Crippen molar-refractivity contribution in [2.75, 3.05) is 0 Å². The molecule has 4 nitrogen and oxygen atoms in total. The Balaban J connectivity index is 2.94. The molecule has 0 aromatic carbocycles. The lowest BCUT2D eigenvalue weighted by Crippen LogP contribution is -2.19. The molecule has 0 aliphatic rings. The molecule has 2 atom stereocenters. The van der Waals surface area contributed by atoms with Crippen molar-refractivity contribution in [2.45, 2.75) is 20.0 Å². The van der Waals surface area contributed by atoms with Crippen LogP contribution in [0.5, 0.6) is 0 Å². The maximum absolute atomic E-state index is 10.6. The van der Waals surface area contributed by atoms with Crippen LogP contribution < -0.4 is 0 Å². The molecule has 0 saturated heterocycles. The number of hydrogen-bond acceptors (Lipinski definition) is 3. The maximum atomic E-state index is 10.6. The molecule has 0 amide bonds. The molecule has 1 aromatic rings. The van der Waals surface area contributed by atoms with Crippen LogP contribution in [-0.4, -0.2) is 21.2 Å². The number of aromatic nitrogens is 1. The molecular formula is C10H13NO3. The van der Waals surface area contributed by atoms with Crippen LogP contribution in [-0.2, 0) is 4.79 Å². The summed E-state index contributed by atoms with van der Waals surface area (Å²) in [6.45, 7) is 3.21. The van der Waals surface area contributed by atoms with Crippen LogP contribution in [0, 0.1) is 12.8 Å². The van der Waals surface area contributed by atoms with E-state index in [9.17, 15) is 9.90 Å². The highest BCUT2D eigenvalue weighted by atomic mass is 16.4. The average Bonchev–Trinajstić information content (AvgIpc) is 2.16. The zero-order chi connectivity index (χ0) is 10.7. The highest BCUT2D eigenvalue weighted by Crippen LogP contribution is 2.23. The fraction of sp³-hybridized carbons (Fsp3) is 0.400. The van der Waals surface area contributed by atoms with E-state index in [2.05, 4.69) is 4.98 Å². The molecule has 0 saturated carbocycles. The summed E-state index contributed by atoms with van der Waals surface area (Å²) in [4.78, 5) is 14.6. The molecule has 1 aromatic heterocycles. The lowest BCUT2D eigenvalue weighted by molar-refractivity contribution is -0.145. The van der Waals surface area contributed by atoms with Gasteiger partial charge in [-0.05, 0) is 19.9 Å². The number of carbonyl (C=O) groups is 1. The normalized spacial score (nSPS) is 14.8. The standard InChI is InChI=1S/C10H13NO3/c1-6(10(13)14)9(12)8-4-3-5-11-7(8)2/h3-6,9,12H,1-2H3,(H,13,14). The lowest BCUT2D eigenvalue weighted by Gasteiger charge is -2.16. The monoisotopic (exact) mass is 195 g/mol. The first-order chi connectivity index (χ1) is 6.54. The third kappa shape index (κ3) is 2.09. The molecule has 0 aliphatic carbocycles. The number of aliphatic hydroxyl groups excluding tert-OH is 1. The van der Waals surface area contributed by atoms with Gasteiger partial charge in [0.1, 0.15) is 0 Å².